The minimum Gasteiger partial charge on any atom is -0.491 e. The molecule has 1 aromatic carbocycles. The van der Waals surface area contributed by atoms with Crippen molar-refractivity contribution >= 4 is 43.7 Å². The van der Waals surface area contributed by atoms with Crippen LogP contribution in [-0.4, -0.2) is 29.6 Å². The normalized spacial score (nSPS) is 13.9. The Bertz CT molecular complexity index is 520. The first kappa shape index (κ1) is 15.3. The lowest BCUT2D eigenvalue weighted by molar-refractivity contribution is -0.121. The van der Waals surface area contributed by atoms with E-state index in [1.54, 1.807) is 0 Å². The molecule has 1 aromatic rings. The Morgan fingerprint density at radius 3 is 2.40 bits per heavy atom. The number of hydrogen-bond donors (Lipinski definition) is 2. The molecule has 0 heterocycles. The van der Waals surface area contributed by atoms with Crippen LogP contribution in [0.4, 0.5) is 0 Å². The van der Waals surface area contributed by atoms with Crippen molar-refractivity contribution in [1.29, 1.82) is 0 Å². The summed E-state index contributed by atoms with van der Waals surface area (Å²) in [5.74, 6) is -0.544. The molecule has 1 amide bonds. The molecule has 1 fully saturated rings. The van der Waals surface area contributed by atoms with Crippen LogP contribution in [0.2, 0.25) is 0 Å². The van der Waals surface area contributed by atoms with Gasteiger partial charge in [0.05, 0.1) is 27.5 Å². The van der Waals surface area contributed by atoms with Crippen molar-refractivity contribution in [3.8, 4) is 5.75 Å². The van der Waals surface area contributed by atoms with Crippen molar-refractivity contribution in [2.45, 2.75) is 25.3 Å². The van der Waals surface area contributed by atoms with Gasteiger partial charge in [-0.15, -0.1) is 0 Å². The van der Waals surface area contributed by atoms with Gasteiger partial charge in [0.15, 0.2) is 0 Å². The highest BCUT2D eigenvalue weighted by Gasteiger charge is 2.23. The van der Waals surface area contributed by atoms with Crippen LogP contribution in [0.25, 0.3) is 0 Å². The number of aromatic carboxylic acids is 1. The Labute approximate surface area is 132 Å². The van der Waals surface area contributed by atoms with Crippen LogP contribution >= 0.6 is 31.9 Å². The summed E-state index contributed by atoms with van der Waals surface area (Å²) in [4.78, 5) is 22.4. The molecule has 1 aliphatic carbocycles. The van der Waals surface area contributed by atoms with Crippen molar-refractivity contribution in [3.05, 3.63) is 26.6 Å². The highest BCUT2D eigenvalue weighted by molar-refractivity contribution is 9.11. The van der Waals surface area contributed by atoms with Crippen LogP contribution in [0.1, 0.15) is 29.6 Å². The minimum atomic E-state index is -1.01. The van der Waals surface area contributed by atoms with Gasteiger partial charge in [-0.25, -0.2) is 4.79 Å². The molecule has 0 radical (unpaired) electrons. The molecule has 0 spiro atoms. The van der Waals surface area contributed by atoms with Gasteiger partial charge in [0.25, 0.3) is 0 Å². The predicted molar refractivity (Wildman–Crippen MR) is 80.1 cm³/mol. The lowest BCUT2D eigenvalue weighted by Crippen LogP contribution is -2.26. The third-order valence-electron chi connectivity index (χ3n) is 2.76. The van der Waals surface area contributed by atoms with E-state index in [0.717, 1.165) is 12.8 Å². The Balaban J connectivity index is 1.91. The topological polar surface area (TPSA) is 75.6 Å². The van der Waals surface area contributed by atoms with E-state index in [4.69, 9.17) is 9.84 Å². The molecule has 1 saturated carbocycles. The second-order valence-electron chi connectivity index (χ2n) is 4.51. The minimum absolute atomic E-state index is 0.0260. The second-order valence-corrected chi connectivity index (χ2v) is 6.22. The fourth-order valence-corrected chi connectivity index (χ4v) is 3.01. The van der Waals surface area contributed by atoms with Gasteiger partial charge < -0.3 is 15.2 Å². The molecule has 7 heteroatoms. The van der Waals surface area contributed by atoms with Gasteiger partial charge in [-0.2, -0.15) is 0 Å². The molecular formula is C13H13Br2NO4. The number of nitrogens with one attached hydrogen (secondary N) is 1. The van der Waals surface area contributed by atoms with E-state index in [9.17, 15) is 9.59 Å². The number of rotatable bonds is 6. The fourth-order valence-electron chi connectivity index (χ4n) is 1.59. The van der Waals surface area contributed by atoms with E-state index in [1.165, 1.54) is 12.1 Å². The largest absolute Gasteiger partial charge is 0.491 e. The monoisotopic (exact) mass is 405 g/mol. The van der Waals surface area contributed by atoms with Crippen LogP contribution in [0.15, 0.2) is 21.1 Å². The second kappa shape index (κ2) is 6.58. The van der Waals surface area contributed by atoms with Crippen molar-refractivity contribution < 1.29 is 19.4 Å². The first-order valence-corrected chi connectivity index (χ1v) is 7.70. The van der Waals surface area contributed by atoms with E-state index in [2.05, 4.69) is 37.2 Å². The van der Waals surface area contributed by atoms with Gasteiger partial charge in [-0.05, 0) is 56.8 Å². The highest BCUT2D eigenvalue weighted by Crippen LogP contribution is 2.34. The molecule has 108 valence electrons. The number of hydrogen-bond acceptors (Lipinski definition) is 3. The number of ether oxygens (including phenoxy) is 1. The standard InChI is InChI=1S/C13H13Br2NO4/c14-9-5-7(13(18)19)6-10(15)12(9)20-4-3-11(17)16-8-1-2-8/h5-6,8H,1-4H2,(H,16,17)(H,18,19). The average molecular weight is 407 g/mol. The molecule has 0 bridgehead atoms. The highest BCUT2D eigenvalue weighted by atomic mass is 79.9. The number of amides is 1. The molecule has 1 aliphatic rings. The van der Waals surface area contributed by atoms with Crippen LogP contribution in [0, 0.1) is 0 Å². The number of carboxylic acid groups (broad SMARTS) is 1. The average Bonchev–Trinajstić information content (AvgIpc) is 3.16. The van der Waals surface area contributed by atoms with Gasteiger partial charge in [-0.1, -0.05) is 0 Å². The molecule has 0 saturated heterocycles. The van der Waals surface area contributed by atoms with Gasteiger partial charge in [0.2, 0.25) is 5.91 Å². The quantitative estimate of drug-likeness (QED) is 0.761. The van der Waals surface area contributed by atoms with Crippen molar-refractivity contribution in [1.82, 2.24) is 5.32 Å². The maximum absolute atomic E-state index is 11.5. The Kier molecular flexibility index (Phi) is 5.04. The SMILES string of the molecule is O=C(CCOc1c(Br)cc(C(=O)O)cc1Br)NC1CC1. The maximum Gasteiger partial charge on any atom is 0.335 e. The lowest BCUT2D eigenvalue weighted by atomic mass is 10.2. The zero-order chi connectivity index (χ0) is 14.7. The van der Waals surface area contributed by atoms with Gasteiger partial charge in [-0.3, -0.25) is 4.79 Å². The smallest absolute Gasteiger partial charge is 0.335 e. The first-order valence-electron chi connectivity index (χ1n) is 6.12. The molecule has 0 atom stereocenters. The number of halogens is 2. The van der Waals surface area contributed by atoms with Crippen LogP contribution in [0.3, 0.4) is 0 Å². The fraction of sp³-hybridized carbons (Fsp3) is 0.385. The van der Waals surface area contributed by atoms with E-state index < -0.39 is 5.97 Å². The van der Waals surface area contributed by atoms with Crippen LogP contribution < -0.4 is 10.1 Å². The summed E-state index contributed by atoms with van der Waals surface area (Å²) in [7, 11) is 0. The zero-order valence-corrected chi connectivity index (χ0v) is 13.7. The number of carbonyl (C=O) groups excluding carboxylic acids is 1. The summed E-state index contributed by atoms with van der Waals surface area (Å²) in [6.07, 6.45) is 2.39. The van der Waals surface area contributed by atoms with E-state index >= 15 is 0 Å². The van der Waals surface area contributed by atoms with E-state index in [0.29, 0.717) is 20.7 Å². The molecule has 0 aliphatic heterocycles. The molecule has 5 nitrogen and oxygen atoms in total. The summed E-state index contributed by atoms with van der Waals surface area (Å²) in [6, 6.07) is 3.27. The van der Waals surface area contributed by atoms with Gasteiger partial charge in [0, 0.05) is 6.04 Å². The van der Waals surface area contributed by atoms with Crippen molar-refractivity contribution in [3.63, 3.8) is 0 Å². The molecule has 0 aromatic heterocycles. The Morgan fingerprint density at radius 1 is 1.30 bits per heavy atom. The third-order valence-corrected chi connectivity index (χ3v) is 3.94. The summed E-state index contributed by atoms with van der Waals surface area (Å²) in [5.41, 5.74) is 0.155. The molecular weight excluding hydrogens is 394 g/mol. The predicted octanol–water partition coefficient (Wildman–Crippen LogP) is 2.96. The van der Waals surface area contributed by atoms with Crippen molar-refractivity contribution in [2.24, 2.45) is 0 Å². The molecule has 20 heavy (non-hydrogen) atoms. The van der Waals surface area contributed by atoms with Crippen LogP contribution in [-0.2, 0) is 4.79 Å². The number of benzene rings is 1. The summed E-state index contributed by atoms with van der Waals surface area (Å²) >= 11 is 6.53. The summed E-state index contributed by atoms with van der Waals surface area (Å²) in [5, 5.41) is 11.8. The number of carbonyl (C=O) groups is 2. The lowest BCUT2D eigenvalue weighted by Gasteiger charge is -2.11. The number of carboxylic acids is 1. The maximum atomic E-state index is 11.5. The van der Waals surface area contributed by atoms with Gasteiger partial charge >= 0.3 is 5.97 Å². The van der Waals surface area contributed by atoms with Crippen molar-refractivity contribution in [2.75, 3.05) is 6.61 Å². The molecule has 2 N–H and O–H groups in total. The summed E-state index contributed by atoms with van der Waals surface area (Å²) in [6.45, 7) is 0.238. The zero-order valence-electron chi connectivity index (χ0n) is 10.5. The molecule has 0 unspecified atom stereocenters. The summed E-state index contributed by atoms with van der Waals surface area (Å²) < 4.78 is 6.60. The van der Waals surface area contributed by atoms with Gasteiger partial charge in [0.1, 0.15) is 5.75 Å². The Hall–Kier alpha value is -1.08. The first-order chi connectivity index (χ1) is 9.47. The third kappa shape index (κ3) is 4.21. The van der Waals surface area contributed by atoms with Crippen LogP contribution in [0.5, 0.6) is 5.75 Å². The Morgan fingerprint density at radius 2 is 1.90 bits per heavy atom. The van der Waals surface area contributed by atoms with E-state index in [-0.39, 0.29) is 24.5 Å². The molecule has 2 rings (SSSR count). The van der Waals surface area contributed by atoms with E-state index in [1.807, 2.05) is 0 Å².